The molecule has 3 rings (SSSR count). The van der Waals surface area contributed by atoms with Crippen LogP contribution in [0.1, 0.15) is 24.4 Å². The number of hydrogen-bond acceptors (Lipinski definition) is 4. The van der Waals surface area contributed by atoms with Gasteiger partial charge < -0.3 is 14.5 Å². The van der Waals surface area contributed by atoms with Gasteiger partial charge in [0.2, 0.25) is 11.8 Å². The van der Waals surface area contributed by atoms with Crippen LogP contribution in [0.4, 0.5) is 0 Å². The Balaban J connectivity index is 1.86. The lowest BCUT2D eigenvalue weighted by Crippen LogP contribution is -2.49. The van der Waals surface area contributed by atoms with Gasteiger partial charge in [-0.25, -0.2) is 0 Å². The average molecular weight is 348 g/mol. The van der Waals surface area contributed by atoms with E-state index in [0.29, 0.717) is 12.8 Å². The lowest BCUT2D eigenvalue weighted by atomic mass is 9.83. The van der Waals surface area contributed by atoms with Crippen molar-refractivity contribution in [2.24, 2.45) is 5.92 Å². The molecule has 0 radical (unpaired) electrons. The zero-order chi connectivity index (χ0) is 17.1. The third kappa shape index (κ3) is 3.38. The SMILES string of the molecule is COc1ccc([C@H]2[C@@H](C(=O)N3CCSCC3)CCC(=O)N2C)cc1. The first kappa shape index (κ1) is 17.1. The van der Waals surface area contributed by atoms with E-state index in [1.54, 1.807) is 12.0 Å². The molecular formula is C18H24N2O3S. The lowest BCUT2D eigenvalue weighted by Gasteiger charge is -2.41. The van der Waals surface area contributed by atoms with Gasteiger partial charge in [0.05, 0.1) is 19.1 Å². The van der Waals surface area contributed by atoms with E-state index in [2.05, 4.69) is 0 Å². The summed E-state index contributed by atoms with van der Waals surface area (Å²) in [5.74, 6) is 2.91. The number of likely N-dealkylation sites (tertiary alicyclic amines) is 1. The Morgan fingerprint density at radius 2 is 1.88 bits per heavy atom. The largest absolute Gasteiger partial charge is 0.497 e. The van der Waals surface area contributed by atoms with E-state index in [1.165, 1.54) is 0 Å². The maximum Gasteiger partial charge on any atom is 0.228 e. The number of benzene rings is 1. The summed E-state index contributed by atoms with van der Waals surface area (Å²) in [5.41, 5.74) is 0.996. The lowest BCUT2D eigenvalue weighted by molar-refractivity contribution is -0.146. The second kappa shape index (κ2) is 7.47. The molecule has 0 aromatic heterocycles. The number of carbonyl (C=O) groups is 2. The fourth-order valence-electron chi connectivity index (χ4n) is 3.57. The number of ether oxygens (including phenoxy) is 1. The third-order valence-electron chi connectivity index (χ3n) is 4.96. The molecule has 2 atom stereocenters. The minimum Gasteiger partial charge on any atom is -0.497 e. The molecular weight excluding hydrogens is 324 g/mol. The molecule has 0 aliphatic carbocycles. The van der Waals surface area contributed by atoms with Crippen LogP contribution in [0, 0.1) is 5.92 Å². The van der Waals surface area contributed by atoms with E-state index in [4.69, 9.17) is 4.74 Å². The first-order valence-corrected chi connectivity index (χ1v) is 9.53. The van der Waals surface area contributed by atoms with Crippen LogP contribution in [0.25, 0.3) is 0 Å². The van der Waals surface area contributed by atoms with Crippen LogP contribution in [-0.4, -0.2) is 60.4 Å². The number of amides is 2. The molecule has 2 amide bonds. The van der Waals surface area contributed by atoms with Gasteiger partial charge in [0.1, 0.15) is 5.75 Å². The molecule has 2 fully saturated rings. The minimum absolute atomic E-state index is 0.106. The summed E-state index contributed by atoms with van der Waals surface area (Å²) in [6.45, 7) is 1.62. The number of carbonyl (C=O) groups excluding carboxylic acids is 2. The van der Waals surface area contributed by atoms with Crippen LogP contribution in [-0.2, 0) is 9.59 Å². The molecule has 2 saturated heterocycles. The Bertz CT molecular complexity index is 599. The number of thioether (sulfide) groups is 1. The summed E-state index contributed by atoms with van der Waals surface area (Å²) in [4.78, 5) is 29.0. The predicted molar refractivity (Wildman–Crippen MR) is 95.1 cm³/mol. The molecule has 0 spiro atoms. The van der Waals surface area contributed by atoms with Crippen LogP contribution in [0.5, 0.6) is 5.75 Å². The first-order chi connectivity index (χ1) is 11.6. The second-order valence-electron chi connectivity index (χ2n) is 6.31. The molecule has 1 aromatic rings. The Morgan fingerprint density at radius 1 is 1.21 bits per heavy atom. The van der Waals surface area contributed by atoms with Gasteiger partial charge in [-0.15, -0.1) is 0 Å². The van der Waals surface area contributed by atoms with Crippen molar-refractivity contribution in [3.63, 3.8) is 0 Å². The normalized spacial score (nSPS) is 24.8. The van der Waals surface area contributed by atoms with Gasteiger partial charge in [-0.2, -0.15) is 11.8 Å². The number of piperidine rings is 1. The fraction of sp³-hybridized carbons (Fsp3) is 0.556. The topological polar surface area (TPSA) is 49.9 Å². The Hall–Kier alpha value is -1.69. The fourth-order valence-corrected chi connectivity index (χ4v) is 4.48. The van der Waals surface area contributed by atoms with Crippen LogP contribution in [0.2, 0.25) is 0 Å². The molecule has 0 N–H and O–H groups in total. The summed E-state index contributed by atoms with van der Waals surface area (Å²) in [7, 11) is 3.44. The van der Waals surface area contributed by atoms with Crippen LogP contribution in [0.15, 0.2) is 24.3 Å². The molecule has 2 aliphatic rings. The van der Waals surface area contributed by atoms with Crippen LogP contribution >= 0.6 is 11.8 Å². The molecule has 2 heterocycles. The van der Waals surface area contributed by atoms with Gasteiger partial charge in [0.25, 0.3) is 0 Å². The highest BCUT2D eigenvalue weighted by atomic mass is 32.2. The molecule has 130 valence electrons. The zero-order valence-corrected chi connectivity index (χ0v) is 15.1. The summed E-state index contributed by atoms with van der Waals surface area (Å²) < 4.78 is 5.22. The van der Waals surface area contributed by atoms with Crippen molar-refractivity contribution < 1.29 is 14.3 Å². The Labute approximate surface area is 147 Å². The third-order valence-corrected chi connectivity index (χ3v) is 5.90. The highest BCUT2D eigenvalue weighted by Crippen LogP contribution is 2.37. The van der Waals surface area contributed by atoms with Gasteiger partial charge in [0, 0.05) is 38.1 Å². The molecule has 0 saturated carbocycles. The second-order valence-corrected chi connectivity index (χ2v) is 7.53. The Morgan fingerprint density at radius 3 is 2.50 bits per heavy atom. The highest BCUT2D eigenvalue weighted by molar-refractivity contribution is 7.99. The number of rotatable bonds is 3. The number of methoxy groups -OCH3 is 1. The van der Waals surface area contributed by atoms with Gasteiger partial charge in [-0.05, 0) is 24.1 Å². The quantitative estimate of drug-likeness (QED) is 0.840. The van der Waals surface area contributed by atoms with E-state index < -0.39 is 0 Å². The van der Waals surface area contributed by atoms with Crippen LogP contribution < -0.4 is 4.74 Å². The maximum atomic E-state index is 13.1. The van der Waals surface area contributed by atoms with Crippen molar-refractivity contribution in [3.05, 3.63) is 29.8 Å². The summed E-state index contributed by atoms with van der Waals surface area (Å²) in [6.07, 6.45) is 1.07. The molecule has 1 aromatic carbocycles. The van der Waals surface area contributed by atoms with Gasteiger partial charge in [-0.3, -0.25) is 9.59 Å². The average Bonchev–Trinajstić information content (AvgIpc) is 2.64. The van der Waals surface area contributed by atoms with E-state index >= 15 is 0 Å². The molecule has 0 unspecified atom stereocenters. The van der Waals surface area contributed by atoms with Crippen molar-refractivity contribution in [2.45, 2.75) is 18.9 Å². The Kier molecular flexibility index (Phi) is 5.33. The minimum atomic E-state index is -0.195. The van der Waals surface area contributed by atoms with Gasteiger partial charge in [0.15, 0.2) is 0 Å². The van der Waals surface area contributed by atoms with E-state index in [9.17, 15) is 9.59 Å². The molecule has 24 heavy (non-hydrogen) atoms. The summed E-state index contributed by atoms with van der Waals surface area (Å²) >= 11 is 1.89. The zero-order valence-electron chi connectivity index (χ0n) is 14.2. The first-order valence-electron chi connectivity index (χ1n) is 8.38. The molecule has 5 nitrogen and oxygen atoms in total. The van der Waals surface area contributed by atoms with Crippen molar-refractivity contribution in [2.75, 3.05) is 38.8 Å². The van der Waals surface area contributed by atoms with Gasteiger partial charge in [-0.1, -0.05) is 12.1 Å². The summed E-state index contributed by atoms with van der Waals surface area (Å²) in [5, 5.41) is 0. The molecule has 2 aliphatic heterocycles. The molecule has 0 bridgehead atoms. The van der Waals surface area contributed by atoms with E-state index in [0.717, 1.165) is 35.9 Å². The van der Waals surface area contributed by atoms with E-state index in [-0.39, 0.29) is 23.8 Å². The number of hydrogen-bond donors (Lipinski definition) is 0. The van der Waals surface area contributed by atoms with Crippen molar-refractivity contribution in [1.82, 2.24) is 9.80 Å². The maximum absolute atomic E-state index is 13.1. The highest BCUT2D eigenvalue weighted by Gasteiger charge is 2.40. The van der Waals surface area contributed by atoms with Gasteiger partial charge >= 0.3 is 0 Å². The smallest absolute Gasteiger partial charge is 0.228 e. The molecule has 6 heteroatoms. The van der Waals surface area contributed by atoms with Crippen LogP contribution in [0.3, 0.4) is 0 Å². The van der Waals surface area contributed by atoms with Crippen molar-refractivity contribution in [1.29, 1.82) is 0 Å². The van der Waals surface area contributed by atoms with Crippen molar-refractivity contribution >= 4 is 23.6 Å². The van der Waals surface area contributed by atoms with Crippen molar-refractivity contribution in [3.8, 4) is 5.75 Å². The predicted octanol–water partition coefficient (Wildman–Crippen LogP) is 2.18. The number of nitrogens with zero attached hydrogens (tertiary/aromatic N) is 2. The van der Waals surface area contributed by atoms with E-state index in [1.807, 2.05) is 48.0 Å². The monoisotopic (exact) mass is 348 g/mol. The summed E-state index contributed by atoms with van der Waals surface area (Å²) in [6, 6.07) is 7.51. The standard InChI is InChI=1S/C18H24N2O3S/c1-19-16(21)8-7-15(18(22)20-9-11-24-12-10-20)17(19)13-3-5-14(23-2)6-4-13/h3-6,15,17H,7-12H2,1-2H3/t15-,17-/m0/s1.